The fraction of sp³-hybridized carbons (Fsp3) is 0.0909. The highest BCUT2D eigenvalue weighted by atomic mass is 16.3. The summed E-state index contributed by atoms with van der Waals surface area (Å²) < 4.78 is 5.71. The molecule has 1 N–H and O–H groups in total. The second kappa shape index (κ2) is 6.96. The lowest BCUT2D eigenvalue weighted by atomic mass is 10.1. The number of hydrogen-bond donors (Lipinski definition) is 1. The Morgan fingerprint density at radius 1 is 0.963 bits per heavy atom. The smallest absolute Gasteiger partial charge is 0.296 e. The van der Waals surface area contributed by atoms with E-state index < -0.39 is 0 Å². The summed E-state index contributed by atoms with van der Waals surface area (Å²) >= 11 is 0. The van der Waals surface area contributed by atoms with Crippen molar-refractivity contribution in [2.75, 3.05) is 5.01 Å². The fourth-order valence-corrected chi connectivity index (χ4v) is 2.93. The normalized spacial score (nSPS) is 16.0. The first-order valence-electron chi connectivity index (χ1n) is 8.71. The molecule has 134 valence electrons. The van der Waals surface area contributed by atoms with E-state index in [1.165, 1.54) is 5.01 Å². The largest absolute Gasteiger partial charge is 0.462 e. The van der Waals surface area contributed by atoms with Crippen LogP contribution in [0.2, 0.25) is 0 Å². The van der Waals surface area contributed by atoms with Crippen molar-refractivity contribution in [3.63, 3.8) is 0 Å². The molecule has 0 spiro atoms. The van der Waals surface area contributed by atoms with Gasteiger partial charge in [0, 0.05) is 11.1 Å². The summed E-state index contributed by atoms with van der Waals surface area (Å²) in [6.45, 7) is 3.73. The number of allylic oxidation sites excluding steroid dienone is 1. The molecule has 1 amide bonds. The third-order valence-corrected chi connectivity index (χ3v) is 4.37. The number of amides is 1. The quantitative estimate of drug-likeness (QED) is 0.710. The molecule has 1 aliphatic heterocycles. The van der Waals surface area contributed by atoms with Crippen LogP contribution in [-0.2, 0) is 4.79 Å². The topological polar surface area (TPSA) is 57.8 Å². The number of rotatable bonds is 3. The average Bonchev–Trinajstić information content (AvgIpc) is 3.15. The number of carbonyl (C=O) groups excluding carboxylic acids is 1. The Balaban J connectivity index is 1.86. The van der Waals surface area contributed by atoms with E-state index in [1.807, 2.05) is 86.6 Å². The van der Waals surface area contributed by atoms with Crippen LogP contribution < -0.4 is 10.4 Å². The van der Waals surface area contributed by atoms with E-state index in [1.54, 1.807) is 0 Å². The number of benzene rings is 2. The van der Waals surface area contributed by atoms with Crippen LogP contribution in [-0.4, -0.2) is 11.7 Å². The molecule has 5 heteroatoms. The first kappa shape index (κ1) is 16.8. The summed E-state index contributed by atoms with van der Waals surface area (Å²) in [5.74, 6) is 1.81. The zero-order valence-corrected chi connectivity index (χ0v) is 15.1. The predicted octanol–water partition coefficient (Wildman–Crippen LogP) is 4.32. The lowest BCUT2D eigenvalue weighted by Crippen LogP contribution is -2.50. The Hall–Kier alpha value is -3.60. The predicted molar refractivity (Wildman–Crippen MR) is 106 cm³/mol. The van der Waals surface area contributed by atoms with Crippen LogP contribution in [0.5, 0.6) is 0 Å². The van der Waals surface area contributed by atoms with Gasteiger partial charge in [0.15, 0.2) is 5.84 Å². The number of aryl methyl sites for hydroxylation is 1. The molecule has 0 unspecified atom stereocenters. The highest BCUT2D eigenvalue weighted by molar-refractivity contribution is 6.17. The number of amidine groups is 1. The summed E-state index contributed by atoms with van der Waals surface area (Å²) in [5.41, 5.74) is 5.83. The Kier molecular flexibility index (Phi) is 4.34. The van der Waals surface area contributed by atoms with E-state index in [0.717, 1.165) is 17.0 Å². The van der Waals surface area contributed by atoms with Crippen molar-refractivity contribution in [3.05, 3.63) is 95.6 Å². The molecule has 2 aromatic carbocycles. The van der Waals surface area contributed by atoms with E-state index in [0.29, 0.717) is 22.9 Å². The molecule has 0 saturated heterocycles. The lowest BCUT2D eigenvalue weighted by molar-refractivity contribution is -0.115. The Bertz CT molecular complexity index is 1030. The maximum Gasteiger partial charge on any atom is 0.296 e. The minimum Gasteiger partial charge on any atom is -0.462 e. The summed E-state index contributed by atoms with van der Waals surface area (Å²) in [7, 11) is 0. The lowest BCUT2D eigenvalue weighted by Gasteiger charge is -2.30. The number of anilines is 1. The number of nitrogens with zero attached hydrogens (tertiary/aromatic N) is 2. The summed E-state index contributed by atoms with van der Waals surface area (Å²) in [6, 6.07) is 22.9. The zero-order chi connectivity index (χ0) is 18.8. The van der Waals surface area contributed by atoms with Gasteiger partial charge >= 0.3 is 0 Å². The number of nitrogens with one attached hydrogen (secondary N) is 1. The first-order chi connectivity index (χ1) is 13.1. The van der Waals surface area contributed by atoms with Gasteiger partial charge in [-0.15, -0.1) is 0 Å². The standard InChI is InChI=1S/C22H19N3O2/c1-15-13-14-19(27-15)16(2)20-22(26)25(18-11-7-4-8-12-18)24-21(23-20)17-9-5-3-6-10-17/h3-14H,1-2H3,(H,23,24). The molecular formula is C22H19N3O2. The van der Waals surface area contributed by atoms with Gasteiger partial charge in [-0.3, -0.25) is 10.2 Å². The van der Waals surface area contributed by atoms with Crippen molar-refractivity contribution in [2.24, 2.45) is 4.99 Å². The van der Waals surface area contributed by atoms with Crippen LogP contribution in [0.4, 0.5) is 5.69 Å². The zero-order valence-electron chi connectivity index (χ0n) is 15.1. The van der Waals surface area contributed by atoms with Crippen molar-refractivity contribution in [2.45, 2.75) is 13.8 Å². The molecule has 0 bridgehead atoms. The molecule has 27 heavy (non-hydrogen) atoms. The molecule has 1 aromatic heterocycles. The third kappa shape index (κ3) is 3.27. The number of carbonyl (C=O) groups is 1. The van der Waals surface area contributed by atoms with Gasteiger partial charge < -0.3 is 4.42 Å². The molecule has 2 heterocycles. The molecule has 1 aliphatic rings. The van der Waals surface area contributed by atoms with Gasteiger partial charge in [-0.1, -0.05) is 48.5 Å². The Morgan fingerprint density at radius 2 is 1.63 bits per heavy atom. The van der Waals surface area contributed by atoms with Gasteiger partial charge in [0.2, 0.25) is 0 Å². The van der Waals surface area contributed by atoms with Gasteiger partial charge in [-0.2, -0.15) is 0 Å². The molecular weight excluding hydrogens is 338 g/mol. The maximum atomic E-state index is 13.2. The first-order valence-corrected chi connectivity index (χ1v) is 8.71. The van der Waals surface area contributed by atoms with Crippen molar-refractivity contribution in [3.8, 4) is 0 Å². The Morgan fingerprint density at radius 3 is 2.26 bits per heavy atom. The van der Waals surface area contributed by atoms with Crippen molar-refractivity contribution < 1.29 is 9.21 Å². The number of hydrazine groups is 1. The van der Waals surface area contributed by atoms with Crippen molar-refractivity contribution in [1.29, 1.82) is 0 Å². The van der Waals surface area contributed by atoms with Crippen molar-refractivity contribution in [1.82, 2.24) is 5.43 Å². The molecule has 0 saturated carbocycles. The minimum absolute atomic E-state index is 0.229. The molecule has 0 aliphatic carbocycles. The van der Waals surface area contributed by atoms with Crippen LogP contribution in [0.15, 0.2) is 87.9 Å². The molecule has 0 radical (unpaired) electrons. The van der Waals surface area contributed by atoms with E-state index in [4.69, 9.17) is 4.42 Å². The van der Waals surface area contributed by atoms with Crippen LogP contribution in [0.25, 0.3) is 5.57 Å². The average molecular weight is 357 g/mol. The van der Waals surface area contributed by atoms with E-state index in [2.05, 4.69) is 10.4 Å². The second-order valence-electron chi connectivity index (χ2n) is 6.30. The van der Waals surface area contributed by atoms with Crippen LogP contribution in [0.1, 0.15) is 24.0 Å². The van der Waals surface area contributed by atoms with Gasteiger partial charge in [0.1, 0.15) is 17.2 Å². The number of furan rings is 1. The fourth-order valence-electron chi connectivity index (χ4n) is 2.93. The van der Waals surface area contributed by atoms with E-state index in [-0.39, 0.29) is 5.91 Å². The van der Waals surface area contributed by atoms with Crippen molar-refractivity contribution >= 4 is 23.0 Å². The highest BCUT2D eigenvalue weighted by Crippen LogP contribution is 2.27. The van der Waals surface area contributed by atoms with Crippen LogP contribution in [0, 0.1) is 6.92 Å². The maximum absolute atomic E-state index is 13.2. The van der Waals surface area contributed by atoms with Crippen LogP contribution >= 0.6 is 0 Å². The monoisotopic (exact) mass is 357 g/mol. The molecule has 3 aromatic rings. The molecule has 0 fully saturated rings. The minimum atomic E-state index is -0.229. The SMILES string of the molecule is CC(=C1N=C(c2ccccc2)NN(c2ccccc2)C1=O)c1ccc(C)o1. The van der Waals surface area contributed by atoms with Gasteiger partial charge in [0.25, 0.3) is 5.91 Å². The van der Waals surface area contributed by atoms with E-state index in [9.17, 15) is 4.79 Å². The summed E-state index contributed by atoms with van der Waals surface area (Å²) in [5, 5.41) is 1.52. The third-order valence-electron chi connectivity index (χ3n) is 4.37. The summed E-state index contributed by atoms with van der Waals surface area (Å²) in [6.07, 6.45) is 0. The van der Waals surface area contributed by atoms with Gasteiger partial charge in [0.05, 0.1) is 5.69 Å². The summed E-state index contributed by atoms with van der Waals surface area (Å²) in [4.78, 5) is 17.8. The number of para-hydroxylation sites is 1. The van der Waals surface area contributed by atoms with Gasteiger partial charge in [-0.05, 0) is 38.1 Å². The number of aliphatic imine (C=N–C) groups is 1. The highest BCUT2D eigenvalue weighted by Gasteiger charge is 2.29. The molecule has 4 rings (SSSR count). The Labute approximate surface area is 157 Å². The number of hydrogen-bond acceptors (Lipinski definition) is 4. The van der Waals surface area contributed by atoms with E-state index >= 15 is 0 Å². The van der Waals surface area contributed by atoms with Gasteiger partial charge in [-0.25, -0.2) is 10.0 Å². The molecule has 5 nitrogen and oxygen atoms in total. The van der Waals surface area contributed by atoms with Crippen LogP contribution in [0.3, 0.4) is 0 Å². The molecule has 0 atom stereocenters. The second-order valence-corrected chi connectivity index (χ2v) is 6.30.